The largest absolute Gasteiger partial charge is 0.256 e. The number of nitrogens with zero attached hydrogens (tertiary/aromatic N) is 3. The van der Waals surface area contributed by atoms with Gasteiger partial charge in [-0.2, -0.15) is 10.2 Å². The first kappa shape index (κ1) is 14.9. The second-order valence-corrected chi connectivity index (χ2v) is 5.22. The van der Waals surface area contributed by atoms with E-state index in [1.165, 1.54) is 5.56 Å². The van der Waals surface area contributed by atoms with Crippen molar-refractivity contribution in [2.24, 2.45) is 15.2 Å². The van der Waals surface area contributed by atoms with Crippen molar-refractivity contribution in [3.63, 3.8) is 0 Å². The number of rotatable bonds is 4. The van der Waals surface area contributed by atoms with Gasteiger partial charge in [0, 0.05) is 6.21 Å². The van der Waals surface area contributed by atoms with Gasteiger partial charge in [0.25, 0.3) is 0 Å². The molecule has 0 aliphatic heterocycles. The van der Waals surface area contributed by atoms with Gasteiger partial charge in [-0.15, -0.1) is 0 Å². The van der Waals surface area contributed by atoms with Gasteiger partial charge in [-0.25, -0.2) is 0 Å². The zero-order chi connectivity index (χ0) is 15.9. The molecule has 0 saturated carbocycles. The predicted molar refractivity (Wildman–Crippen MR) is 95.5 cm³/mol. The van der Waals surface area contributed by atoms with E-state index < -0.39 is 0 Å². The lowest BCUT2D eigenvalue weighted by Gasteiger charge is -1.97. The number of hydrogen-bond donors (Lipinski definition) is 0. The third kappa shape index (κ3) is 4.45. The number of benzene rings is 3. The molecule has 23 heavy (non-hydrogen) atoms. The third-order valence-electron chi connectivity index (χ3n) is 3.29. The Labute approximate surface area is 136 Å². The van der Waals surface area contributed by atoms with E-state index in [2.05, 4.69) is 34.3 Å². The van der Waals surface area contributed by atoms with Gasteiger partial charge in [0.15, 0.2) is 0 Å². The molecule has 112 valence electrons. The van der Waals surface area contributed by atoms with E-state index in [1.54, 1.807) is 0 Å². The molecule has 0 N–H and O–H groups in total. The van der Waals surface area contributed by atoms with E-state index >= 15 is 0 Å². The molecule has 3 aromatic rings. The van der Waals surface area contributed by atoms with Crippen molar-refractivity contribution < 1.29 is 0 Å². The number of azo groups is 1. The predicted octanol–water partition coefficient (Wildman–Crippen LogP) is 6.16. The highest BCUT2D eigenvalue weighted by Gasteiger charge is 1.93. The van der Waals surface area contributed by atoms with Gasteiger partial charge >= 0.3 is 0 Å². The van der Waals surface area contributed by atoms with Gasteiger partial charge in [-0.05, 0) is 48.9 Å². The highest BCUT2D eigenvalue weighted by molar-refractivity contribution is 5.82. The molecule has 3 rings (SSSR count). The molecule has 0 amide bonds. The molecule has 0 aliphatic rings. The summed E-state index contributed by atoms with van der Waals surface area (Å²) in [6, 6.07) is 25.6. The van der Waals surface area contributed by atoms with Crippen LogP contribution in [0.25, 0.3) is 0 Å². The van der Waals surface area contributed by atoms with Gasteiger partial charge in [0.05, 0.1) is 17.1 Å². The SMILES string of the molecule is Cc1cccc(C=Nc2ccc(N=Nc3ccccc3)cc2)c1. The highest BCUT2D eigenvalue weighted by atomic mass is 15.1. The van der Waals surface area contributed by atoms with Crippen LogP contribution < -0.4 is 0 Å². The minimum absolute atomic E-state index is 0.809. The summed E-state index contributed by atoms with van der Waals surface area (Å²) in [6.45, 7) is 2.07. The van der Waals surface area contributed by atoms with E-state index in [1.807, 2.05) is 72.9 Å². The minimum atomic E-state index is 0.809. The minimum Gasteiger partial charge on any atom is -0.256 e. The Morgan fingerprint density at radius 1 is 0.652 bits per heavy atom. The fourth-order valence-electron chi connectivity index (χ4n) is 2.11. The maximum atomic E-state index is 4.48. The molecule has 0 radical (unpaired) electrons. The van der Waals surface area contributed by atoms with Crippen LogP contribution in [0.1, 0.15) is 11.1 Å². The fraction of sp³-hybridized carbons (Fsp3) is 0.0500. The maximum Gasteiger partial charge on any atom is 0.0858 e. The van der Waals surface area contributed by atoms with E-state index in [-0.39, 0.29) is 0 Å². The maximum absolute atomic E-state index is 4.48. The number of hydrogen-bond acceptors (Lipinski definition) is 3. The molecule has 0 atom stereocenters. The fourth-order valence-corrected chi connectivity index (χ4v) is 2.11. The Morgan fingerprint density at radius 2 is 1.30 bits per heavy atom. The first-order valence-electron chi connectivity index (χ1n) is 7.47. The molecule has 0 aromatic heterocycles. The summed E-state index contributed by atoms with van der Waals surface area (Å²) in [6.07, 6.45) is 1.87. The second kappa shape index (κ2) is 7.27. The molecule has 0 saturated heterocycles. The normalized spacial score (nSPS) is 11.3. The van der Waals surface area contributed by atoms with E-state index in [0.717, 1.165) is 22.6 Å². The van der Waals surface area contributed by atoms with Crippen molar-refractivity contribution in [3.8, 4) is 0 Å². The Morgan fingerprint density at radius 3 is 2.00 bits per heavy atom. The zero-order valence-electron chi connectivity index (χ0n) is 12.9. The Kier molecular flexibility index (Phi) is 4.69. The van der Waals surface area contributed by atoms with Crippen LogP contribution in [-0.4, -0.2) is 6.21 Å². The van der Waals surface area contributed by atoms with Gasteiger partial charge in [0.2, 0.25) is 0 Å². The molecule has 0 unspecified atom stereocenters. The monoisotopic (exact) mass is 299 g/mol. The molecular weight excluding hydrogens is 282 g/mol. The van der Waals surface area contributed by atoms with Crippen LogP contribution in [-0.2, 0) is 0 Å². The molecule has 0 bridgehead atoms. The molecule has 0 aliphatic carbocycles. The van der Waals surface area contributed by atoms with E-state index in [4.69, 9.17) is 0 Å². The quantitative estimate of drug-likeness (QED) is 0.408. The van der Waals surface area contributed by atoms with Crippen molar-refractivity contribution in [1.82, 2.24) is 0 Å². The first-order chi connectivity index (χ1) is 11.3. The van der Waals surface area contributed by atoms with E-state index in [0.29, 0.717) is 0 Å². The summed E-state index contributed by atoms with van der Waals surface area (Å²) in [5, 5.41) is 8.42. The second-order valence-electron chi connectivity index (χ2n) is 5.22. The molecule has 3 heteroatoms. The Bertz CT molecular complexity index is 819. The van der Waals surface area contributed by atoms with Crippen molar-refractivity contribution in [3.05, 3.63) is 90.0 Å². The van der Waals surface area contributed by atoms with Crippen LogP contribution in [0, 0.1) is 6.92 Å². The highest BCUT2D eigenvalue weighted by Crippen LogP contribution is 2.21. The van der Waals surface area contributed by atoms with E-state index in [9.17, 15) is 0 Å². The summed E-state index contributed by atoms with van der Waals surface area (Å²) in [4.78, 5) is 4.48. The lowest BCUT2D eigenvalue weighted by molar-refractivity contribution is 1.23. The number of aliphatic imine (C=N–C) groups is 1. The lowest BCUT2D eigenvalue weighted by Crippen LogP contribution is -1.81. The Balaban J connectivity index is 1.68. The summed E-state index contributed by atoms with van der Waals surface area (Å²) >= 11 is 0. The Hall–Kier alpha value is -3.07. The van der Waals surface area contributed by atoms with Gasteiger partial charge in [-0.1, -0.05) is 48.0 Å². The molecule has 3 nitrogen and oxygen atoms in total. The zero-order valence-corrected chi connectivity index (χ0v) is 12.9. The molecule has 0 fully saturated rings. The van der Waals surface area contributed by atoms with Crippen molar-refractivity contribution in [1.29, 1.82) is 0 Å². The van der Waals surface area contributed by atoms with Gasteiger partial charge in [-0.3, -0.25) is 4.99 Å². The summed E-state index contributed by atoms with van der Waals surface area (Å²) in [5.41, 5.74) is 4.87. The first-order valence-corrected chi connectivity index (χ1v) is 7.47. The van der Waals surface area contributed by atoms with Crippen LogP contribution in [0.15, 0.2) is 94.1 Å². The van der Waals surface area contributed by atoms with Crippen molar-refractivity contribution in [2.45, 2.75) is 6.92 Å². The van der Waals surface area contributed by atoms with Crippen LogP contribution in [0.3, 0.4) is 0 Å². The average Bonchev–Trinajstić information content (AvgIpc) is 2.60. The lowest BCUT2D eigenvalue weighted by atomic mass is 10.1. The van der Waals surface area contributed by atoms with Crippen molar-refractivity contribution in [2.75, 3.05) is 0 Å². The average molecular weight is 299 g/mol. The standard InChI is InChI=1S/C20H17N3/c1-16-6-5-7-17(14-16)15-21-18-10-12-20(13-11-18)23-22-19-8-3-2-4-9-19/h2-15H,1H3. The van der Waals surface area contributed by atoms with Gasteiger partial charge < -0.3 is 0 Å². The van der Waals surface area contributed by atoms with Crippen LogP contribution in [0.2, 0.25) is 0 Å². The van der Waals surface area contributed by atoms with Crippen LogP contribution >= 0.6 is 0 Å². The molecule has 0 spiro atoms. The molecule has 0 heterocycles. The van der Waals surface area contributed by atoms with Gasteiger partial charge in [0.1, 0.15) is 0 Å². The summed E-state index contributed by atoms with van der Waals surface area (Å²) in [7, 11) is 0. The molecular formula is C20H17N3. The molecule has 3 aromatic carbocycles. The summed E-state index contributed by atoms with van der Waals surface area (Å²) in [5.74, 6) is 0. The summed E-state index contributed by atoms with van der Waals surface area (Å²) < 4.78 is 0. The van der Waals surface area contributed by atoms with Crippen LogP contribution in [0.5, 0.6) is 0 Å². The van der Waals surface area contributed by atoms with Crippen LogP contribution in [0.4, 0.5) is 17.1 Å². The third-order valence-corrected chi connectivity index (χ3v) is 3.29. The van der Waals surface area contributed by atoms with Crippen molar-refractivity contribution >= 4 is 23.3 Å². The smallest absolute Gasteiger partial charge is 0.0858 e. The number of aryl methyl sites for hydroxylation is 1. The topological polar surface area (TPSA) is 37.1 Å².